The molecule has 3 heterocycles. The van der Waals surface area contributed by atoms with Gasteiger partial charge in [0.25, 0.3) is 0 Å². The Morgan fingerprint density at radius 2 is 1.97 bits per heavy atom. The van der Waals surface area contributed by atoms with Crippen molar-refractivity contribution >= 4 is 46.8 Å². The summed E-state index contributed by atoms with van der Waals surface area (Å²) in [6.45, 7) is 5.22. The summed E-state index contributed by atoms with van der Waals surface area (Å²) in [7, 11) is 0. The number of rotatable bonds is 2. The van der Waals surface area contributed by atoms with Crippen molar-refractivity contribution in [3.63, 3.8) is 0 Å². The van der Waals surface area contributed by atoms with E-state index in [1.807, 2.05) is 12.3 Å². The number of aromatic nitrogens is 1. The van der Waals surface area contributed by atoms with Gasteiger partial charge in [-0.15, -0.1) is 23.1 Å². The molecule has 0 aliphatic carbocycles. The molecule has 2 aliphatic rings. The Labute approximate surface area is 196 Å². The average molecular weight is 479 g/mol. The molecule has 2 aliphatic heterocycles. The van der Waals surface area contributed by atoms with Gasteiger partial charge in [-0.1, -0.05) is 19.1 Å². The van der Waals surface area contributed by atoms with E-state index in [1.165, 1.54) is 29.2 Å². The van der Waals surface area contributed by atoms with Crippen LogP contribution in [-0.2, 0) is 14.4 Å². The number of allylic oxidation sites excluding steroid dienone is 3. The second-order valence-electron chi connectivity index (χ2n) is 8.88. The number of carbonyl (C=O) groups excluding carboxylic acids is 2. The van der Waals surface area contributed by atoms with E-state index in [4.69, 9.17) is 0 Å². The van der Waals surface area contributed by atoms with Crippen LogP contribution in [0.25, 0.3) is 6.08 Å². The van der Waals surface area contributed by atoms with Gasteiger partial charge in [-0.2, -0.15) is 0 Å². The van der Waals surface area contributed by atoms with Crippen LogP contribution in [0.1, 0.15) is 69.6 Å². The summed E-state index contributed by atoms with van der Waals surface area (Å²) in [5, 5.41) is 25.9. The van der Waals surface area contributed by atoms with Gasteiger partial charge >= 0.3 is 5.97 Å². The zero-order valence-corrected chi connectivity index (χ0v) is 20.2. The highest BCUT2D eigenvalue weighted by molar-refractivity contribution is 8.01. The third-order valence-electron chi connectivity index (χ3n) is 6.39. The number of nitrogens with zero attached hydrogens (tertiary/aromatic N) is 1. The van der Waals surface area contributed by atoms with Gasteiger partial charge in [0.1, 0.15) is 5.01 Å². The highest BCUT2D eigenvalue weighted by atomic mass is 32.2. The van der Waals surface area contributed by atoms with Crippen molar-refractivity contribution in [2.75, 3.05) is 0 Å². The van der Waals surface area contributed by atoms with E-state index >= 15 is 0 Å². The predicted octanol–water partition coefficient (Wildman–Crippen LogP) is 3.75. The van der Waals surface area contributed by atoms with E-state index in [1.54, 1.807) is 32.1 Å². The van der Waals surface area contributed by atoms with Gasteiger partial charge in [0.15, 0.2) is 5.78 Å². The van der Waals surface area contributed by atoms with Crippen LogP contribution in [0.5, 0.6) is 0 Å². The summed E-state index contributed by atoms with van der Waals surface area (Å²) < 4.78 is -0.745. The first kappa shape index (κ1) is 24.7. The zero-order chi connectivity index (χ0) is 23.5. The van der Waals surface area contributed by atoms with Crippen LogP contribution in [0.4, 0.5) is 0 Å². The van der Waals surface area contributed by atoms with Crippen LogP contribution >= 0.6 is 23.1 Å². The molecule has 3 N–H and O–H groups in total. The Morgan fingerprint density at radius 3 is 2.69 bits per heavy atom. The first-order valence-electron chi connectivity index (χ1n) is 10.8. The Bertz CT molecular complexity index is 939. The third kappa shape index (κ3) is 5.68. The Balaban J connectivity index is 1.94. The number of aliphatic carboxylic acids is 1. The van der Waals surface area contributed by atoms with Crippen molar-refractivity contribution in [3.05, 3.63) is 34.3 Å². The molecule has 0 saturated carbocycles. The van der Waals surface area contributed by atoms with Crippen molar-refractivity contribution in [1.82, 2.24) is 10.3 Å². The summed E-state index contributed by atoms with van der Waals surface area (Å²) in [4.78, 5) is 41.8. The molecule has 0 spiro atoms. The number of thioether (sulfide) groups is 1. The monoisotopic (exact) mass is 478 g/mol. The molecule has 32 heavy (non-hydrogen) atoms. The molecule has 1 aromatic rings. The molecule has 174 valence electrons. The van der Waals surface area contributed by atoms with Crippen molar-refractivity contribution in [3.8, 4) is 0 Å². The lowest BCUT2D eigenvalue weighted by Crippen LogP contribution is -2.52. The first-order chi connectivity index (χ1) is 15.0. The largest absolute Gasteiger partial charge is 0.481 e. The second-order valence-corrected chi connectivity index (χ2v) is 11.4. The number of carboxylic acids is 1. The smallest absolute Gasteiger partial charge is 0.307 e. The van der Waals surface area contributed by atoms with Crippen molar-refractivity contribution in [1.29, 1.82) is 0 Å². The summed E-state index contributed by atoms with van der Waals surface area (Å²) in [5.74, 6) is -1.98. The van der Waals surface area contributed by atoms with Crippen molar-refractivity contribution < 1.29 is 24.6 Å². The zero-order valence-electron chi connectivity index (χ0n) is 18.5. The number of hydrogen-bond donors (Lipinski definition) is 3. The van der Waals surface area contributed by atoms with Crippen LogP contribution in [0.2, 0.25) is 0 Å². The minimum Gasteiger partial charge on any atom is -0.481 e. The van der Waals surface area contributed by atoms with Crippen LogP contribution in [0.15, 0.2) is 23.6 Å². The SMILES string of the molecule is CC(C(=O)O)[C@@]12CCC(=O)N[C@H](C)c3nc(cs3)/C=C\C=C\C(=O)C[C@H](S1)[C@](C)(O)CC2. The maximum atomic E-state index is 12.7. The van der Waals surface area contributed by atoms with E-state index in [2.05, 4.69) is 10.3 Å². The fourth-order valence-corrected chi connectivity index (χ4v) is 6.87. The predicted molar refractivity (Wildman–Crippen MR) is 126 cm³/mol. The number of amides is 1. The molecule has 1 amide bonds. The first-order valence-corrected chi connectivity index (χ1v) is 12.5. The lowest BCUT2D eigenvalue weighted by molar-refractivity contribution is -0.143. The fraction of sp³-hybridized carbons (Fsp3) is 0.565. The number of thiazole rings is 1. The van der Waals surface area contributed by atoms with Crippen LogP contribution in [0, 0.1) is 5.92 Å². The molecule has 9 heteroatoms. The molecule has 1 aromatic heterocycles. The number of aliphatic hydroxyl groups is 1. The lowest BCUT2D eigenvalue weighted by Gasteiger charge is -2.49. The Kier molecular flexibility index (Phi) is 7.62. The van der Waals surface area contributed by atoms with E-state index in [9.17, 15) is 24.6 Å². The molecular weight excluding hydrogens is 448 g/mol. The van der Waals surface area contributed by atoms with Crippen molar-refractivity contribution in [2.45, 2.75) is 74.5 Å². The summed E-state index contributed by atoms with van der Waals surface area (Å²) in [6.07, 6.45) is 8.10. The lowest BCUT2D eigenvalue weighted by atomic mass is 9.79. The fourth-order valence-electron chi connectivity index (χ4n) is 4.14. The molecule has 1 unspecified atom stereocenters. The minimum absolute atomic E-state index is 0.0974. The Hall–Kier alpha value is -1.97. The standard InChI is InChI=1S/C23H30N2O5S2/c1-14(21(28)29)23-9-8-19(27)24-15(2)20-25-16(13-31-20)6-4-5-7-17(26)12-18(32-23)22(3,30)10-11-23/h4-7,13-15,18,30H,8-12H2,1-3H3,(H,24,27)(H,28,29)/b6-4-,7-5+/t14?,15-,18+,22-,23+/m1/s1. The summed E-state index contributed by atoms with van der Waals surface area (Å²) in [6, 6.07) is -0.261. The van der Waals surface area contributed by atoms with Gasteiger partial charge in [-0.25, -0.2) is 4.98 Å². The molecule has 1 fully saturated rings. The molecule has 0 radical (unpaired) electrons. The topological polar surface area (TPSA) is 117 Å². The normalized spacial score (nSPS) is 34.8. The molecule has 3 rings (SSSR count). The minimum atomic E-state index is -1.10. The number of carboxylic acid groups (broad SMARTS) is 1. The highest BCUT2D eigenvalue weighted by Gasteiger charge is 2.51. The average Bonchev–Trinajstić information content (AvgIpc) is 3.20. The van der Waals surface area contributed by atoms with Gasteiger partial charge in [-0.05, 0) is 45.3 Å². The third-order valence-corrected chi connectivity index (χ3v) is 9.63. The number of ketones is 1. The quantitative estimate of drug-likeness (QED) is 0.593. The maximum Gasteiger partial charge on any atom is 0.307 e. The van der Waals surface area contributed by atoms with E-state index in [0.717, 1.165) is 10.7 Å². The van der Waals surface area contributed by atoms with E-state index in [0.29, 0.717) is 19.3 Å². The highest BCUT2D eigenvalue weighted by Crippen LogP contribution is 2.53. The Morgan fingerprint density at radius 1 is 1.25 bits per heavy atom. The van der Waals surface area contributed by atoms with E-state index in [-0.39, 0.29) is 30.6 Å². The van der Waals surface area contributed by atoms with Crippen LogP contribution in [0.3, 0.4) is 0 Å². The van der Waals surface area contributed by atoms with Gasteiger partial charge in [-0.3, -0.25) is 14.4 Å². The van der Waals surface area contributed by atoms with Crippen molar-refractivity contribution in [2.24, 2.45) is 5.92 Å². The van der Waals surface area contributed by atoms with Gasteiger partial charge in [0, 0.05) is 28.2 Å². The van der Waals surface area contributed by atoms with Crippen LogP contribution in [-0.4, -0.2) is 48.5 Å². The molecule has 7 nitrogen and oxygen atoms in total. The van der Waals surface area contributed by atoms with Gasteiger partial charge in [0.05, 0.1) is 23.3 Å². The summed E-state index contributed by atoms with van der Waals surface area (Å²) in [5.41, 5.74) is -0.349. The second kappa shape index (κ2) is 9.89. The summed E-state index contributed by atoms with van der Waals surface area (Å²) >= 11 is 2.81. The van der Waals surface area contributed by atoms with Crippen LogP contribution < -0.4 is 5.32 Å². The molecule has 0 aromatic carbocycles. The molecule has 4 bridgehead atoms. The maximum absolute atomic E-state index is 12.7. The van der Waals surface area contributed by atoms with E-state index < -0.39 is 27.5 Å². The number of hydrogen-bond acceptors (Lipinski definition) is 7. The number of nitrogens with one attached hydrogen (secondary N) is 1. The number of carbonyl (C=O) groups is 3. The van der Waals surface area contributed by atoms with Gasteiger partial charge in [0.2, 0.25) is 5.91 Å². The van der Waals surface area contributed by atoms with Gasteiger partial charge < -0.3 is 15.5 Å². The molecular formula is C23H30N2O5S2. The molecule has 1 saturated heterocycles. The molecule has 5 atom stereocenters. The number of fused-ring (bicyclic) bond motifs is 4.